The largest absolute Gasteiger partial charge is 0.493 e. The summed E-state index contributed by atoms with van der Waals surface area (Å²) in [6.45, 7) is 6.50. The van der Waals surface area contributed by atoms with E-state index < -0.39 is 5.60 Å². The Balaban J connectivity index is 1.57. The van der Waals surface area contributed by atoms with E-state index in [4.69, 9.17) is 14.5 Å². The minimum atomic E-state index is -0.755. The standard InChI is InChI=1S/C29H30N2O3/c1-21-26(14-13-23-19-24(15-17-30-23)33-18-16-29(2,3)32)31-27-12-8-7-11-25(27)28(21)34-20-22-9-5-4-6-10-22/h4-15,17,19,32H,16,18,20H2,1-3H3. The maximum atomic E-state index is 9.87. The molecule has 4 aromatic rings. The molecule has 0 bridgehead atoms. The molecule has 34 heavy (non-hydrogen) atoms. The van der Waals surface area contributed by atoms with Crippen molar-refractivity contribution in [3.8, 4) is 11.5 Å². The van der Waals surface area contributed by atoms with Crippen LogP contribution in [0.1, 0.15) is 42.8 Å². The quantitative estimate of drug-likeness (QED) is 0.325. The van der Waals surface area contributed by atoms with Gasteiger partial charge in [-0.2, -0.15) is 0 Å². The SMILES string of the molecule is Cc1c(C=Cc2cc(OCCC(C)(C)O)ccn2)nc2ccccc2c1OCc1ccccc1. The Bertz CT molecular complexity index is 1280. The highest BCUT2D eigenvalue weighted by molar-refractivity contribution is 5.88. The summed E-state index contributed by atoms with van der Waals surface area (Å²) in [6.07, 6.45) is 6.15. The van der Waals surface area contributed by atoms with Gasteiger partial charge in [-0.3, -0.25) is 4.98 Å². The molecule has 0 unspecified atom stereocenters. The molecule has 0 fully saturated rings. The average molecular weight is 455 g/mol. The van der Waals surface area contributed by atoms with Gasteiger partial charge in [-0.25, -0.2) is 4.98 Å². The van der Waals surface area contributed by atoms with Gasteiger partial charge in [0, 0.05) is 29.6 Å². The van der Waals surface area contributed by atoms with Crippen molar-refractivity contribution in [2.24, 2.45) is 0 Å². The first-order valence-electron chi connectivity index (χ1n) is 11.4. The molecule has 2 heterocycles. The van der Waals surface area contributed by atoms with Crippen molar-refractivity contribution in [2.75, 3.05) is 6.61 Å². The number of nitrogens with zero attached hydrogens (tertiary/aromatic N) is 2. The van der Waals surface area contributed by atoms with Gasteiger partial charge in [0.05, 0.1) is 29.1 Å². The molecule has 0 amide bonds. The fourth-order valence-corrected chi connectivity index (χ4v) is 3.56. The summed E-state index contributed by atoms with van der Waals surface area (Å²) < 4.78 is 12.1. The Kier molecular flexibility index (Phi) is 7.24. The lowest BCUT2D eigenvalue weighted by molar-refractivity contribution is 0.0553. The van der Waals surface area contributed by atoms with E-state index in [1.165, 1.54) is 0 Å². The van der Waals surface area contributed by atoms with Crippen LogP contribution in [0.2, 0.25) is 0 Å². The predicted octanol–water partition coefficient (Wildman–Crippen LogP) is 6.23. The third-order valence-corrected chi connectivity index (χ3v) is 5.49. The number of hydrogen-bond donors (Lipinski definition) is 1. The monoisotopic (exact) mass is 454 g/mol. The van der Waals surface area contributed by atoms with E-state index in [0.717, 1.165) is 39.2 Å². The third kappa shape index (κ3) is 6.21. The highest BCUT2D eigenvalue weighted by Gasteiger charge is 2.13. The van der Waals surface area contributed by atoms with Crippen molar-refractivity contribution in [3.63, 3.8) is 0 Å². The van der Waals surface area contributed by atoms with Crippen LogP contribution >= 0.6 is 0 Å². The lowest BCUT2D eigenvalue weighted by atomic mass is 10.1. The Labute approximate surface area is 200 Å². The van der Waals surface area contributed by atoms with Crippen LogP contribution in [0.15, 0.2) is 72.9 Å². The van der Waals surface area contributed by atoms with Crippen LogP contribution in [-0.4, -0.2) is 27.3 Å². The predicted molar refractivity (Wildman–Crippen MR) is 137 cm³/mol. The first-order chi connectivity index (χ1) is 16.4. The van der Waals surface area contributed by atoms with E-state index in [9.17, 15) is 5.11 Å². The molecule has 0 aliphatic carbocycles. The lowest BCUT2D eigenvalue weighted by Crippen LogP contribution is -2.21. The van der Waals surface area contributed by atoms with Crippen molar-refractivity contribution < 1.29 is 14.6 Å². The Hall–Kier alpha value is -3.70. The summed E-state index contributed by atoms with van der Waals surface area (Å²) in [5, 5.41) is 10.9. The molecule has 0 aliphatic heterocycles. The molecule has 5 heteroatoms. The molecule has 0 saturated carbocycles. The first-order valence-corrected chi connectivity index (χ1v) is 11.4. The molecule has 174 valence electrons. The lowest BCUT2D eigenvalue weighted by Gasteiger charge is -2.17. The zero-order valence-electron chi connectivity index (χ0n) is 19.9. The molecule has 0 spiro atoms. The molecule has 0 aliphatic rings. The number of ether oxygens (including phenoxy) is 2. The molecule has 2 aromatic heterocycles. The average Bonchev–Trinajstić information content (AvgIpc) is 2.82. The second-order valence-corrected chi connectivity index (χ2v) is 8.90. The van der Waals surface area contributed by atoms with E-state index in [1.807, 2.05) is 73.7 Å². The van der Waals surface area contributed by atoms with Gasteiger partial charge >= 0.3 is 0 Å². The molecule has 5 nitrogen and oxygen atoms in total. The molecule has 0 saturated heterocycles. The van der Waals surface area contributed by atoms with Crippen LogP contribution in [0, 0.1) is 6.92 Å². The number of pyridine rings is 2. The topological polar surface area (TPSA) is 64.5 Å². The molecule has 4 rings (SSSR count). The number of hydrogen-bond acceptors (Lipinski definition) is 5. The highest BCUT2D eigenvalue weighted by atomic mass is 16.5. The highest BCUT2D eigenvalue weighted by Crippen LogP contribution is 2.32. The van der Waals surface area contributed by atoms with E-state index in [0.29, 0.717) is 25.4 Å². The second-order valence-electron chi connectivity index (χ2n) is 8.90. The zero-order valence-corrected chi connectivity index (χ0v) is 19.9. The Morgan fingerprint density at radius 1 is 0.941 bits per heavy atom. The van der Waals surface area contributed by atoms with Crippen LogP contribution in [0.3, 0.4) is 0 Å². The van der Waals surface area contributed by atoms with Gasteiger partial charge in [0.1, 0.15) is 18.1 Å². The number of aromatic nitrogens is 2. The van der Waals surface area contributed by atoms with Crippen LogP contribution in [0.25, 0.3) is 23.1 Å². The van der Waals surface area contributed by atoms with Gasteiger partial charge in [0.15, 0.2) is 0 Å². The molecular weight excluding hydrogens is 424 g/mol. The number of benzene rings is 2. The molecule has 1 N–H and O–H groups in total. The Morgan fingerprint density at radius 3 is 2.50 bits per heavy atom. The molecule has 0 atom stereocenters. The molecule has 0 radical (unpaired) electrons. The van der Waals surface area contributed by atoms with E-state index >= 15 is 0 Å². The first kappa shape index (κ1) is 23.5. The van der Waals surface area contributed by atoms with Gasteiger partial charge in [0.25, 0.3) is 0 Å². The van der Waals surface area contributed by atoms with Crippen molar-refractivity contribution >= 4 is 23.1 Å². The van der Waals surface area contributed by atoms with E-state index in [1.54, 1.807) is 20.0 Å². The summed E-state index contributed by atoms with van der Waals surface area (Å²) in [6, 6.07) is 21.9. The molecule has 2 aromatic carbocycles. The fourth-order valence-electron chi connectivity index (χ4n) is 3.56. The maximum absolute atomic E-state index is 9.87. The van der Waals surface area contributed by atoms with Crippen LogP contribution in [-0.2, 0) is 6.61 Å². The summed E-state index contributed by atoms with van der Waals surface area (Å²) in [4.78, 5) is 9.28. The summed E-state index contributed by atoms with van der Waals surface area (Å²) in [5.41, 5.74) is 3.82. The van der Waals surface area contributed by atoms with E-state index in [2.05, 4.69) is 17.1 Å². The van der Waals surface area contributed by atoms with Gasteiger partial charge < -0.3 is 14.6 Å². The fraction of sp³-hybridized carbons (Fsp3) is 0.241. The zero-order chi connectivity index (χ0) is 24.0. The third-order valence-electron chi connectivity index (χ3n) is 5.49. The van der Waals surface area contributed by atoms with Gasteiger partial charge in [-0.05, 0) is 56.7 Å². The Morgan fingerprint density at radius 2 is 1.71 bits per heavy atom. The summed E-state index contributed by atoms with van der Waals surface area (Å²) in [7, 11) is 0. The minimum Gasteiger partial charge on any atom is -0.493 e. The van der Waals surface area contributed by atoms with Crippen LogP contribution in [0.4, 0.5) is 0 Å². The van der Waals surface area contributed by atoms with Gasteiger partial charge in [-0.15, -0.1) is 0 Å². The smallest absolute Gasteiger partial charge is 0.134 e. The van der Waals surface area contributed by atoms with Gasteiger partial charge in [-0.1, -0.05) is 42.5 Å². The van der Waals surface area contributed by atoms with Crippen LogP contribution < -0.4 is 9.47 Å². The number of fused-ring (bicyclic) bond motifs is 1. The number of rotatable bonds is 9. The minimum absolute atomic E-state index is 0.435. The number of para-hydroxylation sites is 1. The van der Waals surface area contributed by atoms with Crippen molar-refractivity contribution in [3.05, 3.63) is 95.4 Å². The van der Waals surface area contributed by atoms with Crippen molar-refractivity contribution in [1.82, 2.24) is 9.97 Å². The normalized spacial score (nSPS) is 11.8. The summed E-state index contributed by atoms with van der Waals surface area (Å²) in [5.74, 6) is 1.56. The summed E-state index contributed by atoms with van der Waals surface area (Å²) >= 11 is 0. The van der Waals surface area contributed by atoms with Crippen LogP contribution in [0.5, 0.6) is 11.5 Å². The van der Waals surface area contributed by atoms with E-state index in [-0.39, 0.29) is 0 Å². The maximum Gasteiger partial charge on any atom is 0.134 e. The van der Waals surface area contributed by atoms with Gasteiger partial charge in [0.2, 0.25) is 0 Å². The van der Waals surface area contributed by atoms with Crippen molar-refractivity contribution in [1.29, 1.82) is 0 Å². The van der Waals surface area contributed by atoms with Crippen molar-refractivity contribution in [2.45, 2.75) is 39.4 Å². The molecular formula is C29H30N2O3. The second kappa shape index (κ2) is 10.5. The number of aliphatic hydroxyl groups is 1.